The molecule has 0 heterocycles. The molecule has 4 heteroatoms. The summed E-state index contributed by atoms with van der Waals surface area (Å²) in [4.78, 5) is 11.9. The molecule has 1 N–H and O–H groups in total. The minimum Gasteiger partial charge on any atom is -0.497 e. The second-order valence-electron chi connectivity index (χ2n) is 5.77. The van der Waals surface area contributed by atoms with Crippen molar-refractivity contribution in [1.29, 1.82) is 0 Å². The molecule has 116 valence electrons. The smallest absolute Gasteiger partial charge is 0.220 e. The van der Waals surface area contributed by atoms with Gasteiger partial charge in [-0.05, 0) is 55.7 Å². The SMILES string of the molecule is COc1ccc(CCC(=O)NCC2CCC(Cl)CC2)cc1. The van der Waals surface area contributed by atoms with Crippen molar-refractivity contribution < 1.29 is 9.53 Å². The van der Waals surface area contributed by atoms with E-state index in [9.17, 15) is 4.79 Å². The van der Waals surface area contributed by atoms with Crippen LogP contribution < -0.4 is 10.1 Å². The molecule has 2 rings (SSSR count). The van der Waals surface area contributed by atoms with Gasteiger partial charge in [0.2, 0.25) is 5.91 Å². The zero-order chi connectivity index (χ0) is 15.1. The Morgan fingerprint density at radius 1 is 1.24 bits per heavy atom. The maximum absolute atomic E-state index is 11.9. The van der Waals surface area contributed by atoms with Crippen molar-refractivity contribution in [3.05, 3.63) is 29.8 Å². The number of halogens is 1. The fraction of sp³-hybridized carbons (Fsp3) is 0.588. The number of hydrogen-bond acceptors (Lipinski definition) is 2. The van der Waals surface area contributed by atoms with E-state index in [2.05, 4.69) is 5.32 Å². The van der Waals surface area contributed by atoms with Gasteiger partial charge in [-0.3, -0.25) is 4.79 Å². The molecule has 1 saturated carbocycles. The van der Waals surface area contributed by atoms with Crippen LogP contribution in [0.2, 0.25) is 0 Å². The Balaban J connectivity index is 1.65. The molecule has 0 aromatic heterocycles. The van der Waals surface area contributed by atoms with E-state index < -0.39 is 0 Å². The molecule has 1 fully saturated rings. The van der Waals surface area contributed by atoms with Crippen LogP contribution in [0.1, 0.15) is 37.7 Å². The van der Waals surface area contributed by atoms with E-state index in [1.807, 2.05) is 24.3 Å². The lowest BCUT2D eigenvalue weighted by atomic mass is 9.89. The first-order valence-electron chi connectivity index (χ1n) is 7.71. The molecule has 1 amide bonds. The van der Waals surface area contributed by atoms with Crippen molar-refractivity contribution in [2.24, 2.45) is 5.92 Å². The average Bonchev–Trinajstić information content (AvgIpc) is 2.53. The molecule has 0 bridgehead atoms. The van der Waals surface area contributed by atoms with Gasteiger partial charge in [0.15, 0.2) is 0 Å². The van der Waals surface area contributed by atoms with Gasteiger partial charge in [0.1, 0.15) is 5.75 Å². The minimum absolute atomic E-state index is 0.138. The molecule has 0 saturated heterocycles. The Kier molecular flexibility index (Phi) is 6.37. The Bertz CT molecular complexity index is 439. The molecular weight excluding hydrogens is 286 g/mol. The first kappa shape index (κ1) is 16.2. The molecule has 1 aromatic rings. The summed E-state index contributed by atoms with van der Waals surface area (Å²) in [6.07, 6.45) is 5.73. The molecule has 0 radical (unpaired) electrons. The highest BCUT2D eigenvalue weighted by Crippen LogP contribution is 2.26. The lowest BCUT2D eigenvalue weighted by molar-refractivity contribution is -0.121. The van der Waals surface area contributed by atoms with Crippen LogP contribution in [-0.4, -0.2) is 24.9 Å². The fourth-order valence-electron chi connectivity index (χ4n) is 2.72. The van der Waals surface area contributed by atoms with E-state index in [0.29, 0.717) is 17.7 Å². The standard InChI is InChI=1S/C17H24ClNO2/c1-21-16-9-4-13(5-10-16)6-11-17(20)19-12-14-2-7-15(18)8-3-14/h4-5,9-10,14-15H,2-3,6-8,11-12H2,1H3,(H,19,20). The van der Waals surface area contributed by atoms with Crippen LogP contribution in [0, 0.1) is 5.92 Å². The number of rotatable bonds is 6. The fourth-order valence-corrected chi connectivity index (χ4v) is 2.97. The lowest BCUT2D eigenvalue weighted by Crippen LogP contribution is -2.31. The van der Waals surface area contributed by atoms with Crippen molar-refractivity contribution >= 4 is 17.5 Å². The first-order chi connectivity index (χ1) is 10.2. The number of nitrogens with one attached hydrogen (secondary N) is 1. The van der Waals surface area contributed by atoms with E-state index in [1.165, 1.54) is 0 Å². The quantitative estimate of drug-likeness (QED) is 0.816. The largest absolute Gasteiger partial charge is 0.497 e. The van der Waals surface area contributed by atoms with Crippen LogP contribution in [-0.2, 0) is 11.2 Å². The van der Waals surface area contributed by atoms with Crippen LogP contribution in [0.15, 0.2) is 24.3 Å². The average molecular weight is 310 g/mol. The summed E-state index contributed by atoms with van der Waals surface area (Å²) in [6, 6.07) is 7.87. The van der Waals surface area contributed by atoms with E-state index >= 15 is 0 Å². The number of methoxy groups -OCH3 is 1. The van der Waals surface area contributed by atoms with Gasteiger partial charge in [-0.1, -0.05) is 12.1 Å². The normalized spacial score (nSPS) is 21.8. The third-order valence-corrected chi connectivity index (χ3v) is 4.60. The predicted molar refractivity (Wildman–Crippen MR) is 85.9 cm³/mol. The molecule has 1 aliphatic carbocycles. The summed E-state index contributed by atoms with van der Waals surface area (Å²) in [5.41, 5.74) is 1.16. The van der Waals surface area contributed by atoms with Crippen molar-refractivity contribution in [2.75, 3.05) is 13.7 Å². The molecule has 0 atom stereocenters. The molecule has 21 heavy (non-hydrogen) atoms. The van der Waals surface area contributed by atoms with Crippen molar-refractivity contribution in [3.63, 3.8) is 0 Å². The van der Waals surface area contributed by atoms with Crippen molar-refractivity contribution in [2.45, 2.75) is 43.9 Å². The number of amides is 1. The summed E-state index contributed by atoms with van der Waals surface area (Å²) in [7, 11) is 1.65. The second kappa shape index (κ2) is 8.28. The molecule has 0 unspecified atom stereocenters. The van der Waals surface area contributed by atoms with Gasteiger partial charge in [-0.15, -0.1) is 11.6 Å². The number of carbonyl (C=O) groups excluding carboxylic acids is 1. The van der Waals surface area contributed by atoms with Gasteiger partial charge in [-0.25, -0.2) is 0 Å². The maximum Gasteiger partial charge on any atom is 0.220 e. The Hall–Kier alpha value is -1.22. The third kappa shape index (κ3) is 5.58. The van der Waals surface area contributed by atoms with Gasteiger partial charge in [0, 0.05) is 18.3 Å². The molecule has 3 nitrogen and oxygen atoms in total. The molecule has 0 aliphatic heterocycles. The van der Waals surface area contributed by atoms with Crippen LogP contribution in [0.3, 0.4) is 0 Å². The van der Waals surface area contributed by atoms with E-state index in [1.54, 1.807) is 7.11 Å². The monoisotopic (exact) mass is 309 g/mol. The summed E-state index contributed by atoms with van der Waals surface area (Å²) >= 11 is 6.09. The lowest BCUT2D eigenvalue weighted by Gasteiger charge is -2.25. The van der Waals surface area contributed by atoms with Gasteiger partial charge >= 0.3 is 0 Å². The van der Waals surface area contributed by atoms with E-state index in [4.69, 9.17) is 16.3 Å². The van der Waals surface area contributed by atoms with Gasteiger partial charge in [0.05, 0.1) is 7.11 Å². The van der Waals surface area contributed by atoms with E-state index in [0.717, 1.165) is 50.0 Å². The number of hydrogen-bond donors (Lipinski definition) is 1. The first-order valence-corrected chi connectivity index (χ1v) is 8.14. The zero-order valence-corrected chi connectivity index (χ0v) is 13.4. The van der Waals surface area contributed by atoms with Gasteiger partial charge < -0.3 is 10.1 Å². The van der Waals surface area contributed by atoms with Crippen molar-refractivity contribution in [3.8, 4) is 5.75 Å². The number of aryl methyl sites for hydroxylation is 1. The number of carbonyl (C=O) groups is 1. The van der Waals surface area contributed by atoms with Gasteiger partial charge in [-0.2, -0.15) is 0 Å². The predicted octanol–water partition coefficient (Wildman–Crippen LogP) is 3.54. The molecular formula is C17H24ClNO2. The Morgan fingerprint density at radius 2 is 1.90 bits per heavy atom. The number of ether oxygens (including phenoxy) is 1. The Labute approximate surface area is 132 Å². The zero-order valence-electron chi connectivity index (χ0n) is 12.6. The summed E-state index contributed by atoms with van der Waals surface area (Å²) in [5.74, 6) is 1.59. The number of benzene rings is 1. The van der Waals surface area contributed by atoms with Crippen LogP contribution >= 0.6 is 11.6 Å². The highest BCUT2D eigenvalue weighted by atomic mass is 35.5. The van der Waals surface area contributed by atoms with Crippen LogP contribution in [0.25, 0.3) is 0 Å². The molecule has 1 aromatic carbocycles. The third-order valence-electron chi connectivity index (χ3n) is 4.16. The second-order valence-corrected chi connectivity index (χ2v) is 6.39. The van der Waals surface area contributed by atoms with E-state index in [-0.39, 0.29) is 5.91 Å². The summed E-state index contributed by atoms with van der Waals surface area (Å²) in [5, 5.41) is 3.39. The highest BCUT2D eigenvalue weighted by molar-refractivity contribution is 6.20. The highest BCUT2D eigenvalue weighted by Gasteiger charge is 2.19. The van der Waals surface area contributed by atoms with Gasteiger partial charge in [0.25, 0.3) is 0 Å². The summed E-state index contributed by atoms with van der Waals surface area (Å²) < 4.78 is 5.12. The molecule has 0 spiro atoms. The van der Waals surface area contributed by atoms with Crippen LogP contribution in [0.4, 0.5) is 0 Å². The molecule has 1 aliphatic rings. The Morgan fingerprint density at radius 3 is 2.52 bits per heavy atom. The van der Waals surface area contributed by atoms with Crippen LogP contribution in [0.5, 0.6) is 5.75 Å². The number of alkyl halides is 1. The summed E-state index contributed by atoms with van der Waals surface area (Å²) in [6.45, 7) is 0.797. The topological polar surface area (TPSA) is 38.3 Å². The minimum atomic E-state index is 0.138. The maximum atomic E-state index is 11.9. The van der Waals surface area contributed by atoms with Crippen molar-refractivity contribution in [1.82, 2.24) is 5.32 Å².